The average molecular weight is 467 g/mol. The molecule has 2 amide bonds. The van der Waals surface area contributed by atoms with E-state index in [4.69, 9.17) is 0 Å². The number of fused-ring (bicyclic) bond motifs is 1. The van der Waals surface area contributed by atoms with Crippen molar-refractivity contribution in [3.05, 3.63) is 17.5 Å². The van der Waals surface area contributed by atoms with Gasteiger partial charge in [-0.15, -0.1) is 0 Å². The summed E-state index contributed by atoms with van der Waals surface area (Å²) >= 11 is 0. The first-order valence-corrected chi connectivity index (χ1v) is 13.1. The van der Waals surface area contributed by atoms with E-state index in [2.05, 4.69) is 21.9 Å². The van der Waals surface area contributed by atoms with Gasteiger partial charge < -0.3 is 9.80 Å². The molecule has 3 atom stereocenters. The molecule has 178 valence electrons. The number of likely N-dealkylation sites (tertiary alicyclic amines) is 1. The van der Waals surface area contributed by atoms with E-state index < -0.39 is 33.9 Å². The Bertz CT molecular complexity index is 998. The molecular weight excluding hydrogens is 432 g/mol. The summed E-state index contributed by atoms with van der Waals surface area (Å²) in [6, 6.07) is 0.899. The molecule has 0 bridgehead atoms. The SMILES string of the molecule is CC(C)[C@H]1C(=O)N(S(C)(=O)=O)[C@H]2CCN(C(=O)c3cc(CN4CCN(C)CC4)nn3C)[C@H]12. The largest absolute Gasteiger partial charge is 0.331 e. The molecule has 10 nitrogen and oxygen atoms in total. The number of carbonyl (C=O) groups is 2. The van der Waals surface area contributed by atoms with E-state index in [0.29, 0.717) is 25.2 Å². The molecule has 1 aromatic heterocycles. The third-order valence-electron chi connectivity index (χ3n) is 7.06. The summed E-state index contributed by atoms with van der Waals surface area (Å²) in [7, 11) is 0.182. The number of amides is 2. The molecule has 0 unspecified atom stereocenters. The first kappa shape index (κ1) is 23.2. The van der Waals surface area contributed by atoms with Gasteiger partial charge in [-0.1, -0.05) is 13.8 Å². The monoisotopic (exact) mass is 466 g/mol. The molecule has 0 saturated carbocycles. The van der Waals surface area contributed by atoms with Crippen molar-refractivity contribution in [2.45, 2.75) is 38.9 Å². The zero-order valence-corrected chi connectivity index (χ0v) is 20.4. The van der Waals surface area contributed by atoms with Crippen LogP contribution in [0.5, 0.6) is 0 Å². The Morgan fingerprint density at radius 2 is 1.81 bits per heavy atom. The van der Waals surface area contributed by atoms with Crippen LogP contribution in [0.15, 0.2) is 6.07 Å². The van der Waals surface area contributed by atoms with E-state index in [1.54, 1.807) is 16.6 Å². The molecule has 3 saturated heterocycles. The van der Waals surface area contributed by atoms with Crippen LogP contribution in [0, 0.1) is 11.8 Å². The zero-order valence-electron chi connectivity index (χ0n) is 19.6. The zero-order chi connectivity index (χ0) is 23.4. The fourth-order valence-electron chi connectivity index (χ4n) is 5.46. The van der Waals surface area contributed by atoms with Crippen LogP contribution in [0.2, 0.25) is 0 Å². The number of aromatic nitrogens is 2. The lowest BCUT2D eigenvalue weighted by Gasteiger charge is -2.31. The number of likely N-dealkylation sites (N-methyl/N-ethyl adjacent to an activating group) is 1. The number of piperazine rings is 1. The normalized spacial score (nSPS) is 27.6. The van der Waals surface area contributed by atoms with Crippen LogP contribution in [-0.4, -0.2) is 107 Å². The maximum atomic E-state index is 13.6. The van der Waals surface area contributed by atoms with E-state index >= 15 is 0 Å². The first-order valence-electron chi connectivity index (χ1n) is 11.3. The third-order valence-corrected chi connectivity index (χ3v) is 8.22. The number of hydrogen-bond donors (Lipinski definition) is 0. The smallest absolute Gasteiger partial charge is 0.272 e. The molecule has 32 heavy (non-hydrogen) atoms. The molecule has 0 N–H and O–H groups in total. The summed E-state index contributed by atoms with van der Waals surface area (Å²) in [5.74, 6) is -1.18. The molecule has 0 spiro atoms. The summed E-state index contributed by atoms with van der Waals surface area (Å²) in [5.41, 5.74) is 1.32. The minimum atomic E-state index is -3.69. The Kier molecular flexibility index (Phi) is 6.10. The van der Waals surface area contributed by atoms with Crippen LogP contribution in [0.25, 0.3) is 0 Å². The molecule has 1 aromatic rings. The third kappa shape index (κ3) is 4.06. The Hall–Kier alpha value is -1.98. The highest BCUT2D eigenvalue weighted by Gasteiger charge is 2.58. The van der Waals surface area contributed by atoms with Crippen LogP contribution >= 0.6 is 0 Å². The van der Waals surface area contributed by atoms with Crippen LogP contribution in [0.1, 0.15) is 36.5 Å². The highest BCUT2D eigenvalue weighted by atomic mass is 32.2. The fourth-order valence-corrected chi connectivity index (χ4v) is 6.63. The Morgan fingerprint density at radius 1 is 1.16 bits per heavy atom. The van der Waals surface area contributed by atoms with E-state index in [1.165, 1.54) is 0 Å². The number of carbonyl (C=O) groups excluding carboxylic acids is 2. The summed E-state index contributed by atoms with van der Waals surface area (Å²) in [5, 5.41) is 4.57. The van der Waals surface area contributed by atoms with E-state index in [-0.39, 0.29) is 11.8 Å². The summed E-state index contributed by atoms with van der Waals surface area (Å²) in [6.07, 6.45) is 1.53. The van der Waals surface area contributed by atoms with E-state index in [9.17, 15) is 18.0 Å². The molecule has 4 heterocycles. The van der Waals surface area contributed by atoms with Crippen LogP contribution < -0.4 is 0 Å². The molecule has 3 aliphatic rings. The topological polar surface area (TPSA) is 99.1 Å². The van der Waals surface area contributed by atoms with Gasteiger partial charge in [0.2, 0.25) is 15.9 Å². The first-order chi connectivity index (χ1) is 15.0. The molecule has 3 fully saturated rings. The Balaban J connectivity index is 1.56. The van der Waals surface area contributed by atoms with Gasteiger partial charge in [-0.25, -0.2) is 12.7 Å². The summed E-state index contributed by atoms with van der Waals surface area (Å²) in [4.78, 5) is 32.9. The number of rotatable bonds is 5. The number of aryl methyl sites for hydroxylation is 1. The second kappa shape index (κ2) is 8.42. The van der Waals surface area contributed by atoms with Crippen LogP contribution in [-0.2, 0) is 28.4 Å². The van der Waals surface area contributed by atoms with Crippen molar-refractivity contribution in [3.63, 3.8) is 0 Å². The molecule has 3 aliphatic heterocycles. The lowest BCUT2D eigenvalue weighted by molar-refractivity contribution is -0.129. The molecule has 0 aromatic carbocycles. The molecule has 4 rings (SSSR count). The van der Waals surface area contributed by atoms with Gasteiger partial charge in [0, 0.05) is 46.3 Å². The lowest BCUT2D eigenvalue weighted by Crippen LogP contribution is -2.44. The second-order valence-electron chi connectivity index (χ2n) is 9.74. The fraction of sp³-hybridized carbons (Fsp3) is 0.762. The minimum absolute atomic E-state index is 0.0746. The maximum Gasteiger partial charge on any atom is 0.272 e. The van der Waals surface area contributed by atoms with E-state index in [0.717, 1.165) is 42.4 Å². The molecule has 0 radical (unpaired) electrons. The Labute approximate surface area is 190 Å². The van der Waals surface area contributed by atoms with Gasteiger partial charge in [0.15, 0.2) is 0 Å². The van der Waals surface area contributed by atoms with Gasteiger partial charge >= 0.3 is 0 Å². The van der Waals surface area contributed by atoms with Gasteiger partial charge in [-0.2, -0.15) is 5.10 Å². The second-order valence-corrected chi connectivity index (χ2v) is 11.6. The quantitative estimate of drug-likeness (QED) is 0.594. The Morgan fingerprint density at radius 3 is 2.41 bits per heavy atom. The van der Waals surface area contributed by atoms with Crippen molar-refractivity contribution in [2.75, 3.05) is 46.0 Å². The predicted octanol–water partition coefficient (Wildman–Crippen LogP) is -0.175. The van der Waals surface area contributed by atoms with Gasteiger partial charge in [0.1, 0.15) is 5.69 Å². The van der Waals surface area contributed by atoms with Crippen molar-refractivity contribution < 1.29 is 18.0 Å². The number of sulfonamides is 1. The minimum Gasteiger partial charge on any atom is -0.331 e. The van der Waals surface area contributed by atoms with Gasteiger partial charge in [0.25, 0.3) is 5.91 Å². The van der Waals surface area contributed by atoms with Crippen molar-refractivity contribution in [3.8, 4) is 0 Å². The van der Waals surface area contributed by atoms with Crippen molar-refractivity contribution >= 4 is 21.8 Å². The van der Waals surface area contributed by atoms with Crippen molar-refractivity contribution in [2.24, 2.45) is 18.9 Å². The van der Waals surface area contributed by atoms with Crippen molar-refractivity contribution in [1.82, 2.24) is 28.8 Å². The summed E-state index contributed by atoms with van der Waals surface area (Å²) in [6.45, 7) is 8.88. The standard InChI is InChI=1S/C21H34N6O4S/c1-14(2)18-19-16(27(21(18)29)32(5,30)31)6-7-26(19)20(28)17-12-15(22-24(17)4)13-25-10-8-23(3)9-11-25/h12,14,16,18-19H,6-11,13H2,1-5H3/t16-,18+,19-/m0/s1. The van der Waals surface area contributed by atoms with E-state index in [1.807, 2.05) is 19.9 Å². The molecule has 11 heteroatoms. The van der Waals surface area contributed by atoms with Crippen molar-refractivity contribution in [1.29, 1.82) is 0 Å². The summed E-state index contributed by atoms with van der Waals surface area (Å²) < 4.78 is 27.3. The van der Waals surface area contributed by atoms with Gasteiger partial charge in [-0.3, -0.25) is 19.2 Å². The van der Waals surface area contributed by atoms with Crippen LogP contribution in [0.3, 0.4) is 0 Å². The van der Waals surface area contributed by atoms with Gasteiger partial charge in [-0.05, 0) is 25.5 Å². The molecule has 0 aliphatic carbocycles. The average Bonchev–Trinajstić information content (AvgIpc) is 3.34. The highest BCUT2D eigenvalue weighted by Crippen LogP contribution is 2.41. The van der Waals surface area contributed by atoms with Crippen LogP contribution in [0.4, 0.5) is 0 Å². The highest BCUT2D eigenvalue weighted by molar-refractivity contribution is 7.88. The van der Waals surface area contributed by atoms with Gasteiger partial charge in [0.05, 0.1) is 30.0 Å². The lowest BCUT2D eigenvalue weighted by atomic mass is 9.88. The maximum absolute atomic E-state index is 13.6. The number of nitrogens with zero attached hydrogens (tertiary/aromatic N) is 6. The molecular formula is C21H34N6O4S. The number of hydrogen-bond acceptors (Lipinski definition) is 7. The predicted molar refractivity (Wildman–Crippen MR) is 119 cm³/mol.